The monoisotopic (exact) mass is 284 g/mol. The second kappa shape index (κ2) is 5.12. The lowest BCUT2D eigenvalue weighted by Crippen LogP contribution is -2.01. The van der Waals surface area contributed by atoms with E-state index in [0.717, 1.165) is 17.7 Å². The molecule has 0 aliphatic heterocycles. The van der Waals surface area contributed by atoms with Gasteiger partial charge in [-0.25, -0.2) is 9.07 Å². The lowest BCUT2D eigenvalue weighted by Gasteiger charge is -2.01. The fourth-order valence-corrected chi connectivity index (χ4v) is 1.96. The first kappa shape index (κ1) is 12.9. The number of aromatic nitrogens is 3. The molecule has 0 bridgehead atoms. The summed E-state index contributed by atoms with van der Waals surface area (Å²) in [5.41, 5.74) is 1.22. The molecule has 3 aromatic rings. The molecule has 0 spiro atoms. The van der Waals surface area contributed by atoms with E-state index in [4.69, 9.17) is 0 Å². The highest BCUT2D eigenvalue weighted by Crippen LogP contribution is 2.24. The van der Waals surface area contributed by atoms with Crippen molar-refractivity contribution >= 4 is 5.69 Å². The largest absolute Gasteiger partial charge is 0.297 e. The molecule has 0 N–H and O–H groups in total. The molecule has 0 aliphatic rings. The van der Waals surface area contributed by atoms with E-state index in [9.17, 15) is 14.5 Å². The Bertz CT molecular complexity index is 802. The Morgan fingerprint density at radius 2 is 1.90 bits per heavy atom. The Labute approximate surface area is 118 Å². The van der Waals surface area contributed by atoms with Crippen LogP contribution >= 0.6 is 0 Å². The first-order chi connectivity index (χ1) is 10.1. The SMILES string of the molecule is O=[N+]([O-])c1cc(F)ccc1-n1cc(-c2ccccc2)nn1. The molecule has 0 atom stereocenters. The van der Waals surface area contributed by atoms with E-state index in [1.54, 1.807) is 6.20 Å². The summed E-state index contributed by atoms with van der Waals surface area (Å²) in [7, 11) is 0. The molecule has 1 heterocycles. The van der Waals surface area contributed by atoms with Gasteiger partial charge in [0.25, 0.3) is 5.69 Å². The Kier molecular flexibility index (Phi) is 3.15. The Morgan fingerprint density at radius 1 is 1.14 bits per heavy atom. The third-order valence-electron chi connectivity index (χ3n) is 2.94. The van der Waals surface area contributed by atoms with E-state index in [1.807, 2.05) is 30.3 Å². The van der Waals surface area contributed by atoms with Crippen LogP contribution in [0.4, 0.5) is 10.1 Å². The van der Waals surface area contributed by atoms with Crippen molar-refractivity contribution < 1.29 is 9.31 Å². The van der Waals surface area contributed by atoms with E-state index in [0.29, 0.717) is 5.69 Å². The summed E-state index contributed by atoms with van der Waals surface area (Å²) in [6.07, 6.45) is 1.57. The topological polar surface area (TPSA) is 73.8 Å². The Balaban J connectivity index is 2.07. The van der Waals surface area contributed by atoms with Crippen LogP contribution in [0.5, 0.6) is 0 Å². The van der Waals surface area contributed by atoms with Crippen molar-refractivity contribution in [1.82, 2.24) is 15.0 Å². The van der Waals surface area contributed by atoms with Gasteiger partial charge in [0.05, 0.1) is 17.2 Å². The predicted molar refractivity (Wildman–Crippen MR) is 73.4 cm³/mol. The minimum atomic E-state index is -0.672. The van der Waals surface area contributed by atoms with E-state index >= 15 is 0 Å². The van der Waals surface area contributed by atoms with Crippen LogP contribution < -0.4 is 0 Å². The standard InChI is InChI=1S/C14H9FN4O2/c15-11-6-7-13(14(8-11)19(20)21)18-9-12(16-17-18)10-4-2-1-3-5-10/h1-9H. The van der Waals surface area contributed by atoms with Crippen LogP contribution in [0.25, 0.3) is 16.9 Å². The zero-order valence-electron chi connectivity index (χ0n) is 10.7. The van der Waals surface area contributed by atoms with Crippen molar-refractivity contribution in [3.8, 4) is 16.9 Å². The summed E-state index contributed by atoms with van der Waals surface area (Å²) in [5.74, 6) is -0.672. The molecule has 0 unspecified atom stereocenters. The Morgan fingerprint density at radius 3 is 2.62 bits per heavy atom. The average molecular weight is 284 g/mol. The minimum absolute atomic E-state index is 0.163. The van der Waals surface area contributed by atoms with Crippen molar-refractivity contribution in [3.63, 3.8) is 0 Å². The second-order valence-electron chi connectivity index (χ2n) is 4.30. The van der Waals surface area contributed by atoms with E-state index in [2.05, 4.69) is 10.3 Å². The number of hydrogen-bond donors (Lipinski definition) is 0. The van der Waals surface area contributed by atoms with Gasteiger partial charge >= 0.3 is 0 Å². The lowest BCUT2D eigenvalue weighted by atomic mass is 10.2. The van der Waals surface area contributed by atoms with Gasteiger partial charge in [0.1, 0.15) is 17.2 Å². The van der Waals surface area contributed by atoms with Crippen LogP contribution in [0.1, 0.15) is 0 Å². The van der Waals surface area contributed by atoms with Gasteiger partial charge in [0, 0.05) is 5.56 Å². The number of benzene rings is 2. The molecular formula is C14H9FN4O2. The van der Waals surface area contributed by atoms with Gasteiger partial charge in [-0.2, -0.15) is 0 Å². The molecule has 6 nitrogen and oxygen atoms in total. The summed E-state index contributed by atoms with van der Waals surface area (Å²) in [5, 5.41) is 18.9. The van der Waals surface area contributed by atoms with Crippen LogP contribution in [0.2, 0.25) is 0 Å². The molecule has 1 aromatic heterocycles. The minimum Gasteiger partial charge on any atom is -0.258 e. The molecule has 0 saturated heterocycles. The van der Waals surface area contributed by atoms with Gasteiger partial charge in [-0.1, -0.05) is 35.5 Å². The van der Waals surface area contributed by atoms with E-state index < -0.39 is 10.7 Å². The first-order valence-electron chi connectivity index (χ1n) is 6.07. The quantitative estimate of drug-likeness (QED) is 0.547. The van der Waals surface area contributed by atoms with Crippen LogP contribution in [0.15, 0.2) is 54.7 Å². The maximum Gasteiger partial charge on any atom is 0.297 e. The molecule has 0 amide bonds. The van der Waals surface area contributed by atoms with Gasteiger partial charge in [-0.05, 0) is 12.1 Å². The van der Waals surface area contributed by atoms with E-state index in [1.165, 1.54) is 10.7 Å². The average Bonchev–Trinajstić information content (AvgIpc) is 2.97. The normalized spacial score (nSPS) is 10.5. The van der Waals surface area contributed by atoms with Crippen LogP contribution in [-0.4, -0.2) is 19.9 Å². The number of nitrogens with zero attached hydrogens (tertiary/aromatic N) is 4. The van der Waals surface area contributed by atoms with Gasteiger partial charge in [0.15, 0.2) is 0 Å². The van der Waals surface area contributed by atoms with Crippen molar-refractivity contribution in [2.45, 2.75) is 0 Å². The highest BCUT2D eigenvalue weighted by molar-refractivity contribution is 5.59. The molecule has 3 rings (SSSR count). The molecule has 0 aliphatic carbocycles. The van der Waals surface area contributed by atoms with Crippen LogP contribution in [0, 0.1) is 15.9 Å². The molecule has 0 radical (unpaired) electrons. The summed E-state index contributed by atoms with van der Waals surface area (Å²) in [6, 6.07) is 12.6. The van der Waals surface area contributed by atoms with Gasteiger partial charge in [0.2, 0.25) is 0 Å². The number of halogens is 1. The summed E-state index contributed by atoms with van der Waals surface area (Å²) in [4.78, 5) is 10.4. The van der Waals surface area contributed by atoms with Gasteiger partial charge < -0.3 is 0 Å². The maximum atomic E-state index is 13.1. The predicted octanol–water partition coefficient (Wildman–Crippen LogP) is 2.98. The third-order valence-corrected chi connectivity index (χ3v) is 2.94. The maximum absolute atomic E-state index is 13.1. The van der Waals surface area contributed by atoms with Crippen molar-refractivity contribution in [3.05, 3.63) is 70.7 Å². The highest BCUT2D eigenvalue weighted by Gasteiger charge is 2.18. The number of hydrogen-bond acceptors (Lipinski definition) is 4. The molecule has 2 aromatic carbocycles. The summed E-state index contributed by atoms with van der Waals surface area (Å²) in [6.45, 7) is 0. The smallest absolute Gasteiger partial charge is 0.258 e. The zero-order valence-corrected chi connectivity index (χ0v) is 10.7. The van der Waals surface area contributed by atoms with Gasteiger partial charge in [-0.3, -0.25) is 10.1 Å². The second-order valence-corrected chi connectivity index (χ2v) is 4.30. The van der Waals surface area contributed by atoms with Crippen molar-refractivity contribution in [1.29, 1.82) is 0 Å². The van der Waals surface area contributed by atoms with Crippen molar-refractivity contribution in [2.24, 2.45) is 0 Å². The fraction of sp³-hybridized carbons (Fsp3) is 0. The lowest BCUT2D eigenvalue weighted by molar-refractivity contribution is -0.384. The summed E-state index contributed by atoms with van der Waals surface area (Å²) >= 11 is 0. The van der Waals surface area contributed by atoms with Crippen LogP contribution in [-0.2, 0) is 0 Å². The first-order valence-corrected chi connectivity index (χ1v) is 6.07. The van der Waals surface area contributed by atoms with E-state index in [-0.39, 0.29) is 11.4 Å². The Hall–Kier alpha value is -3.09. The number of nitro benzene ring substituents is 1. The summed E-state index contributed by atoms with van der Waals surface area (Å²) < 4.78 is 14.4. The third kappa shape index (κ3) is 2.48. The van der Waals surface area contributed by atoms with Crippen molar-refractivity contribution in [2.75, 3.05) is 0 Å². The molecule has 7 heteroatoms. The number of nitro groups is 1. The molecule has 21 heavy (non-hydrogen) atoms. The van der Waals surface area contributed by atoms with Crippen LogP contribution in [0.3, 0.4) is 0 Å². The molecular weight excluding hydrogens is 275 g/mol. The molecule has 104 valence electrons. The molecule has 0 saturated carbocycles. The van der Waals surface area contributed by atoms with Gasteiger partial charge in [-0.15, -0.1) is 5.10 Å². The molecule has 0 fully saturated rings. The highest BCUT2D eigenvalue weighted by atomic mass is 19.1. The fourth-order valence-electron chi connectivity index (χ4n) is 1.96. The zero-order chi connectivity index (χ0) is 14.8. The number of rotatable bonds is 3.